The summed E-state index contributed by atoms with van der Waals surface area (Å²) in [6, 6.07) is 0. The number of H-pyrrole nitrogens is 2. The van der Waals surface area contributed by atoms with Crippen LogP contribution < -0.4 is 11.0 Å². The minimum atomic E-state index is -0.412. The smallest absolute Gasteiger partial charge is 0.323 e. The molecule has 1 fully saturated rings. The van der Waals surface area contributed by atoms with Gasteiger partial charge in [0.1, 0.15) is 5.69 Å². The molecule has 2 aromatic rings. The van der Waals surface area contributed by atoms with Crippen LogP contribution in [0.2, 0.25) is 0 Å². The highest BCUT2D eigenvalue weighted by Gasteiger charge is 2.15. The van der Waals surface area contributed by atoms with Crippen LogP contribution in [-0.4, -0.2) is 38.4 Å². The molecule has 21 heavy (non-hydrogen) atoms. The highest BCUT2D eigenvalue weighted by atomic mass is 16.5. The molecular weight excluding hydrogens is 274 g/mol. The van der Waals surface area contributed by atoms with E-state index < -0.39 is 5.69 Å². The lowest BCUT2D eigenvalue weighted by Crippen LogP contribution is -2.24. The molecular formula is C13H17N5O3. The standard InChI is InChI=1S/C13H17N5O3/c19-12(11-6-14-13(20)17-11)16-9-5-15-18(7-9)8-10-3-1-2-4-21-10/h5-7,10H,1-4,8H2,(H,16,19)(H2,14,17,20). The van der Waals surface area contributed by atoms with Gasteiger partial charge in [-0.25, -0.2) is 4.79 Å². The molecule has 0 spiro atoms. The van der Waals surface area contributed by atoms with E-state index in [0.717, 1.165) is 19.4 Å². The molecule has 0 radical (unpaired) electrons. The van der Waals surface area contributed by atoms with Gasteiger partial charge in [0.2, 0.25) is 0 Å². The first-order valence-electron chi connectivity index (χ1n) is 6.94. The summed E-state index contributed by atoms with van der Waals surface area (Å²) in [4.78, 5) is 27.6. The molecule has 1 aliphatic heterocycles. The number of carbonyl (C=O) groups is 1. The van der Waals surface area contributed by atoms with Crippen molar-refractivity contribution in [3.05, 3.63) is 34.8 Å². The van der Waals surface area contributed by atoms with Crippen molar-refractivity contribution in [3.63, 3.8) is 0 Å². The molecule has 8 nitrogen and oxygen atoms in total. The third-order valence-corrected chi connectivity index (χ3v) is 3.40. The first-order valence-corrected chi connectivity index (χ1v) is 6.94. The molecule has 0 bridgehead atoms. The van der Waals surface area contributed by atoms with E-state index in [2.05, 4.69) is 20.4 Å². The average molecular weight is 291 g/mol. The van der Waals surface area contributed by atoms with Gasteiger partial charge in [0.15, 0.2) is 0 Å². The van der Waals surface area contributed by atoms with Crippen LogP contribution in [0.4, 0.5) is 5.69 Å². The maximum atomic E-state index is 11.9. The van der Waals surface area contributed by atoms with Crippen LogP contribution in [-0.2, 0) is 11.3 Å². The zero-order valence-electron chi connectivity index (χ0n) is 11.5. The number of aromatic amines is 2. The number of imidazole rings is 1. The summed E-state index contributed by atoms with van der Waals surface area (Å²) >= 11 is 0. The molecule has 1 amide bonds. The summed E-state index contributed by atoms with van der Waals surface area (Å²) in [7, 11) is 0. The van der Waals surface area contributed by atoms with Crippen molar-refractivity contribution in [2.45, 2.75) is 31.9 Å². The van der Waals surface area contributed by atoms with Gasteiger partial charge in [-0.2, -0.15) is 5.10 Å². The number of ether oxygens (including phenoxy) is 1. The van der Waals surface area contributed by atoms with Gasteiger partial charge >= 0.3 is 5.69 Å². The number of carbonyl (C=O) groups excluding carboxylic acids is 1. The Hall–Kier alpha value is -2.35. The van der Waals surface area contributed by atoms with Crippen LogP contribution in [0.5, 0.6) is 0 Å². The van der Waals surface area contributed by atoms with E-state index in [-0.39, 0.29) is 17.7 Å². The number of hydrogen-bond acceptors (Lipinski definition) is 4. The molecule has 1 aliphatic rings. The van der Waals surface area contributed by atoms with Gasteiger partial charge in [-0.1, -0.05) is 0 Å². The second-order valence-electron chi connectivity index (χ2n) is 5.05. The normalized spacial score (nSPS) is 18.6. The van der Waals surface area contributed by atoms with E-state index in [1.165, 1.54) is 12.6 Å². The summed E-state index contributed by atoms with van der Waals surface area (Å²) in [5.41, 5.74) is 0.353. The zero-order chi connectivity index (χ0) is 14.7. The lowest BCUT2D eigenvalue weighted by Gasteiger charge is -2.22. The Kier molecular flexibility index (Phi) is 3.87. The van der Waals surface area contributed by atoms with Crippen LogP contribution in [0.3, 0.4) is 0 Å². The number of anilines is 1. The molecule has 3 heterocycles. The minimum Gasteiger partial charge on any atom is -0.376 e. The third kappa shape index (κ3) is 3.40. The number of nitrogens with one attached hydrogen (secondary N) is 3. The lowest BCUT2D eigenvalue weighted by molar-refractivity contribution is 0.00401. The number of amides is 1. The molecule has 2 aromatic heterocycles. The zero-order valence-corrected chi connectivity index (χ0v) is 11.5. The molecule has 0 aromatic carbocycles. The molecule has 1 atom stereocenters. The Bertz CT molecular complexity index is 665. The Morgan fingerprint density at radius 3 is 3.14 bits per heavy atom. The Balaban J connectivity index is 1.59. The SMILES string of the molecule is O=C(Nc1cnn(CC2CCCCO2)c1)c1c[nH]c(=O)[nH]1. The highest BCUT2D eigenvalue weighted by molar-refractivity contribution is 6.02. The van der Waals surface area contributed by atoms with Crippen molar-refractivity contribution in [2.24, 2.45) is 0 Å². The molecule has 1 unspecified atom stereocenters. The van der Waals surface area contributed by atoms with Crippen molar-refractivity contribution in [3.8, 4) is 0 Å². The molecule has 0 aliphatic carbocycles. The first-order chi connectivity index (χ1) is 10.2. The molecule has 3 rings (SSSR count). The fraction of sp³-hybridized carbons (Fsp3) is 0.462. The van der Waals surface area contributed by atoms with Crippen molar-refractivity contribution in [1.82, 2.24) is 19.7 Å². The van der Waals surface area contributed by atoms with Gasteiger partial charge < -0.3 is 20.0 Å². The van der Waals surface area contributed by atoms with E-state index in [4.69, 9.17) is 4.74 Å². The van der Waals surface area contributed by atoms with Crippen LogP contribution in [0.1, 0.15) is 29.8 Å². The summed E-state index contributed by atoms with van der Waals surface area (Å²) < 4.78 is 7.41. The quantitative estimate of drug-likeness (QED) is 0.772. The number of hydrogen-bond donors (Lipinski definition) is 3. The predicted molar refractivity (Wildman–Crippen MR) is 75.2 cm³/mol. The number of rotatable bonds is 4. The second kappa shape index (κ2) is 5.96. The van der Waals surface area contributed by atoms with E-state index in [0.29, 0.717) is 12.2 Å². The van der Waals surface area contributed by atoms with Gasteiger partial charge in [-0.05, 0) is 19.3 Å². The van der Waals surface area contributed by atoms with E-state index >= 15 is 0 Å². The summed E-state index contributed by atoms with van der Waals surface area (Å²) in [5.74, 6) is -0.387. The third-order valence-electron chi connectivity index (χ3n) is 3.40. The number of aromatic nitrogens is 4. The van der Waals surface area contributed by atoms with Crippen molar-refractivity contribution >= 4 is 11.6 Å². The van der Waals surface area contributed by atoms with E-state index in [1.54, 1.807) is 17.1 Å². The van der Waals surface area contributed by atoms with Crippen molar-refractivity contribution in [1.29, 1.82) is 0 Å². The molecule has 112 valence electrons. The highest BCUT2D eigenvalue weighted by Crippen LogP contribution is 2.15. The van der Waals surface area contributed by atoms with E-state index in [1.807, 2.05) is 0 Å². The Labute approximate surface area is 120 Å². The molecule has 1 saturated heterocycles. The minimum absolute atomic E-state index is 0.184. The number of nitrogens with zero attached hydrogens (tertiary/aromatic N) is 2. The lowest BCUT2D eigenvalue weighted by atomic mass is 10.1. The maximum Gasteiger partial charge on any atom is 0.323 e. The van der Waals surface area contributed by atoms with Crippen molar-refractivity contribution in [2.75, 3.05) is 11.9 Å². The first kappa shape index (κ1) is 13.6. The van der Waals surface area contributed by atoms with E-state index in [9.17, 15) is 9.59 Å². The molecule has 0 saturated carbocycles. The van der Waals surface area contributed by atoms with Gasteiger partial charge in [0.25, 0.3) is 5.91 Å². The second-order valence-corrected chi connectivity index (χ2v) is 5.05. The van der Waals surface area contributed by atoms with Gasteiger partial charge in [-0.15, -0.1) is 0 Å². The summed E-state index contributed by atoms with van der Waals surface area (Å²) in [6.07, 6.45) is 8.17. The van der Waals surface area contributed by atoms with Gasteiger partial charge in [0.05, 0.1) is 24.5 Å². The molecule has 3 N–H and O–H groups in total. The fourth-order valence-corrected chi connectivity index (χ4v) is 2.34. The topological polar surface area (TPSA) is 105 Å². The van der Waals surface area contributed by atoms with Crippen molar-refractivity contribution < 1.29 is 9.53 Å². The van der Waals surface area contributed by atoms with Crippen LogP contribution in [0, 0.1) is 0 Å². The van der Waals surface area contributed by atoms with Crippen LogP contribution in [0.15, 0.2) is 23.4 Å². The van der Waals surface area contributed by atoms with Gasteiger partial charge in [-0.3, -0.25) is 9.48 Å². The van der Waals surface area contributed by atoms with Gasteiger partial charge in [0, 0.05) is 19.0 Å². The average Bonchev–Trinajstić information content (AvgIpc) is 3.09. The fourth-order valence-electron chi connectivity index (χ4n) is 2.34. The molecule has 8 heteroatoms. The Morgan fingerprint density at radius 1 is 1.52 bits per heavy atom. The summed E-state index contributed by atoms with van der Waals surface area (Å²) in [5, 5.41) is 6.88. The summed E-state index contributed by atoms with van der Waals surface area (Å²) in [6.45, 7) is 1.48. The van der Waals surface area contributed by atoms with Crippen LogP contribution >= 0.6 is 0 Å². The largest absolute Gasteiger partial charge is 0.376 e. The monoisotopic (exact) mass is 291 g/mol. The van der Waals surface area contributed by atoms with Crippen LogP contribution in [0.25, 0.3) is 0 Å². The predicted octanol–water partition coefficient (Wildman–Crippen LogP) is 0.721. The maximum absolute atomic E-state index is 11.9. The Morgan fingerprint density at radius 2 is 2.43 bits per heavy atom.